The molecule has 0 spiro atoms. The number of halogens is 1. The molecule has 1 fully saturated rings. The van der Waals surface area contributed by atoms with Crippen molar-refractivity contribution in [3.8, 4) is 0 Å². The highest BCUT2D eigenvalue weighted by atomic mass is 35.5. The van der Waals surface area contributed by atoms with Crippen molar-refractivity contribution >= 4 is 28.3 Å². The summed E-state index contributed by atoms with van der Waals surface area (Å²) in [6.07, 6.45) is 5.17. The number of carbonyl (C=O) groups excluding carboxylic acids is 1. The van der Waals surface area contributed by atoms with Crippen LogP contribution in [-0.2, 0) is 27.7 Å². The molecule has 2 aliphatic rings. The summed E-state index contributed by atoms with van der Waals surface area (Å²) in [6.45, 7) is 5.50. The van der Waals surface area contributed by atoms with E-state index in [9.17, 15) is 13.2 Å². The van der Waals surface area contributed by atoms with Gasteiger partial charge in [-0.1, -0.05) is 19.9 Å². The molecule has 0 aromatic heterocycles. The zero-order valence-corrected chi connectivity index (χ0v) is 18.4. The first-order chi connectivity index (χ1) is 12.7. The van der Waals surface area contributed by atoms with Crippen molar-refractivity contribution in [1.29, 1.82) is 0 Å². The minimum atomic E-state index is -3.59. The van der Waals surface area contributed by atoms with Gasteiger partial charge in [-0.15, -0.1) is 12.4 Å². The van der Waals surface area contributed by atoms with E-state index in [1.807, 2.05) is 6.07 Å². The van der Waals surface area contributed by atoms with Gasteiger partial charge in [0.2, 0.25) is 15.9 Å². The number of fused-ring (bicyclic) bond motifs is 1. The topological polar surface area (TPSA) is 92.5 Å². The molecule has 1 aliphatic carbocycles. The molecule has 1 aromatic rings. The zero-order valence-electron chi connectivity index (χ0n) is 16.7. The third kappa shape index (κ3) is 5.26. The van der Waals surface area contributed by atoms with Gasteiger partial charge in [-0.25, -0.2) is 13.1 Å². The van der Waals surface area contributed by atoms with Crippen molar-refractivity contribution in [2.24, 2.45) is 11.1 Å². The Morgan fingerprint density at radius 1 is 1.25 bits per heavy atom. The molecule has 3 rings (SSSR count). The van der Waals surface area contributed by atoms with E-state index in [0.717, 1.165) is 37.7 Å². The number of nitrogens with two attached hydrogens (primary N) is 1. The number of hydrogen-bond donors (Lipinski definition) is 2. The Balaban J connectivity index is 0.00000280. The van der Waals surface area contributed by atoms with Gasteiger partial charge in [0.05, 0.1) is 4.90 Å². The van der Waals surface area contributed by atoms with Crippen molar-refractivity contribution in [1.82, 2.24) is 9.62 Å². The first kappa shape index (κ1) is 23.1. The second-order valence-electron chi connectivity index (χ2n) is 8.48. The lowest BCUT2D eigenvalue weighted by molar-refractivity contribution is -0.134. The molecule has 3 N–H and O–H groups in total. The third-order valence-corrected chi connectivity index (χ3v) is 7.38. The Labute approximate surface area is 174 Å². The fourth-order valence-corrected chi connectivity index (χ4v) is 5.08. The van der Waals surface area contributed by atoms with E-state index >= 15 is 0 Å². The monoisotopic (exact) mass is 429 g/mol. The Morgan fingerprint density at radius 2 is 1.93 bits per heavy atom. The van der Waals surface area contributed by atoms with E-state index in [1.165, 1.54) is 5.56 Å². The highest BCUT2D eigenvalue weighted by Crippen LogP contribution is 2.28. The van der Waals surface area contributed by atoms with Gasteiger partial charge < -0.3 is 10.6 Å². The maximum atomic E-state index is 12.6. The normalized spacial score (nSPS) is 21.5. The van der Waals surface area contributed by atoms with Crippen molar-refractivity contribution in [3.05, 3.63) is 29.3 Å². The van der Waals surface area contributed by atoms with E-state index in [2.05, 4.69) is 18.6 Å². The number of sulfonamides is 1. The number of aryl methyl sites for hydroxylation is 2. The molecule has 8 heteroatoms. The molecule has 1 heterocycles. The van der Waals surface area contributed by atoms with E-state index in [1.54, 1.807) is 17.0 Å². The highest BCUT2D eigenvalue weighted by Gasteiger charge is 2.35. The number of nitrogens with one attached hydrogen (secondary N) is 1. The number of rotatable bonds is 5. The minimum Gasteiger partial charge on any atom is -0.342 e. The summed E-state index contributed by atoms with van der Waals surface area (Å²) in [4.78, 5) is 14.6. The van der Waals surface area contributed by atoms with E-state index in [0.29, 0.717) is 18.0 Å². The molecule has 1 unspecified atom stereocenters. The van der Waals surface area contributed by atoms with Crippen LogP contribution in [-0.4, -0.2) is 44.9 Å². The molecule has 0 radical (unpaired) electrons. The fraction of sp³-hybridized carbons (Fsp3) is 0.650. The van der Waals surface area contributed by atoms with Crippen LogP contribution in [0.15, 0.2) is 23.1 Å². The van der Waals surface area contributed by atoms with Crippen LogP contribution in [0.25, 0.3) is 0 Å². The number of benzene rings is 1. The predicted octanol–water partition coefficient (Wildman–Crippen LogP) is 2.24. The van der Waals surface area contributed by atoms with Crippen LogP contribution in [0.2, 0.25) is 0 Å². The Morgan fingerprint density at radius 3 is 2.61 bits per heavy atom. The van der Waals surface area contributed by atoms with Crippen LogP contribution in [0.3, 0.4) is 0 Å². The molecule has 158 valence electrons. The predicted molar refractivity (Wildman–Crippen MR) is 113 cm³/mol. The third-order valence-electron chi connectivity index (χ3n) is 5.93. The quantitative estimate of drug-likeness (QED) is 0.750. The Hall–Kier alpha value is -1.15. The van der Waals surface area contributed by atoms with E-state index in [4.69, 9.17) is 5.73 Å². The van der Waals surface area contributed by atoms with Crippen molar-refractivity contribution < 1.29 is 13.2 Å². The summed E-state index contributed by atoms with van der Waals surface area (Å²) in [5.74, 6) is -0.0249. The minimum absolute atomic E-state index is 0. The summed E-state index contributed by atoms with van der Waals surface area (Å²) >= 11 is 0. The van der Waals surface area contributed by atoms with Crippen LogP contribution < -0.4 is 10.5 Å². The maximum absolute atomic E-state index is 12.6. The molecule has 6 nitrogen and oxygen atoms in total. The van der Waals surface area contributed by atoms with Gasteiger partial charge >= 0.3 is 0 Å². The van der Waals surface area contributed by atoms with Crippen molar-refractivity contribution in [3.63, 3.8) is 0 Å². The average molecular weight is 430 g/mol. The van der Waals surface area contributed by atoms with Crippen molar-refractivity contribution in [2.45, 2.75) is 63.3 Å². The lowest BCUT2D eigenvalue weighted by Crippen LogP contribution is -2.54. The van der Waals surface area contributed by atoms with E-state index < -0.39 is 10.0 Å². The lowest BCUT2D eigenvalue weighted by Gasteiger charge is -2.42. The van der Waals surface area contributed by atoms with Gasteiger partial charge in [0.1, 0.15) is 0 Å². The molecular formula is C20H32ClN3O3S. The molecule has 28 heavy (non-hydrogen) atoms. The average Bonchev–Trinajstić information content (AvgIpc) is 2.63. The smallest absolute Gasteiger partial charge is 0.240 e. The second-order valence-corrected chi connectivity index (χ2v) is 10.3. The van der Waals surface area contributed by atoms with Crippen molar-refractivity contribution in [2.75, 3.05) is 19.6 Å². The molecule has 0 bridgehead atoms. The lowest BCUT2D eigenvalue weighted by atomic mass is 9.79. The fourth-order valence-electron chi connectivity index (χ4n) is 4.00. The molecule has 1 aliphatic heterocycles. The SMILES string of the molecule is CC1(C)CN(C(=O)CCNS(=O)(=O)c2ccc3c(c2)CCCC3)CCC1N.Cl. The number of nitrogens with zero attached hydrogens (tertiary/aromatic N) is 1. The largest absolute Gasteiger partial charge is 0.342 e. The van der Waals surface area contributed by atoms with Crippen LogP contribution in [0.1, 0.15) is 50.7 Å². The summed E-state index contributed by atoms with van der Waals surface area (Å²) in [7, 11) is -3.59. The van der Waals surface area contributed by atoms with Gasteiger partial charge in [-0.3, -0.25) is 4.79 Å². The first-order valence-corrected chi connectivity index (χ1v) is 11.3. The summed E-state index contributed by atoms with van der Waals surface area (Å²) in [5.41, 5.74) is 8.38. The van der Waals surface area contributed by atoms with Crippen LogP contribution in [0.5, 0.6) is 0 Å². The Kier molecular flexibility index (Phi) is 7.53. The number of amides is 1. The number of piperidine rings is 1. The zero-order chi connectivity index (χ0) is 19.7. The highest BCUT2D eigenvalue weighted by molar-refractivity contribution is 7.89. The molecule has 1 saturated heterocycles. The second kappa shape index (κ2) is 9.11. The van der Waals surface area contributed by atoms with Gasteiger partial charge in [-0.2, -0.15) is 0 Å². The van der Waals surface area contributed by atoms with Crippen LogP contribution >= 0.6 is 12.4 Å². The van der Waals surface area contributed by atoms with Gasteiger partial charge in [0, 0.05) is 32.1 Å². The van der Waals surface area contributed by atoms with Crippen LogP contribution in [0.4, 0.5) is 0 Å². The van der Waals surface area contributed by atoms with Gasteiger partial charge in [0.25, 0.3) is 0 Å². The maximum Gasteiger partial charge on any atom is 0.240 e. The van der Waals surface area contributed by atoms with Gasteiger partial charge in [0.15, 0.2) is 0 Å². The molecular weight excluding hydrogens is 398 g/mol. The van der Waals surface area contributed by atoms with E-state index in [-0.39, 0.29) is 42.7 Å². The Bertz CT molecular complexity index is 811. The summed E-state index contributed by atoms with van der Waals surface area (Å²) in [5, 5.41) is 0. The van der Waals surface area contributed by atoms with Crippen LogP contribution in [0, 0.1) is 5.41 Å². The van der Waals surface area contributed by atoms with Gasteiger partial charge in [-0.05, 0) is 60.8 Å². The first-order valence-electron chi connectivity index (χ1n) is 9.84. The number of likely N-dealkylation sites (tertiary alicyclic amines) is 1. The molecule has 1 aromatic carbocycles. The molecule has 0 saturated carbocycles. The standard InChI is InChI=1S/C20H31N3O3S.ClH/c1-20(2)14-23(12-10-18(20)21)19(24)9-11-22-27(25,26)17-8-7-15-5-3-4-6-16(15)13-17;/h7-8,13,18,22H,3-6,9-12,14,21H2,1-2H3;1H. The molecule has 1 amide bonds. The summed E-state index contributed by atoms with van der Waals surface area (Å²) < 4.78 is 27.7. The number of hydrogen-bond acceptors (Lipinski definition) is 4. The number of carbonyl (C=O) groups is 1. The summed E-state index contributed by atoms with van der Waals surface area (Å²) in [6, 6.07) is 5.47. The molecule has 1 atom stereocenters.